The van der Waals surface area contributed by atoms with Crippen LogP contribution in [0.2, 0.25) is 0 Å². The molecule has 2 saturated carbocycles. The van der Waals surface area contributed by atoms with E-state index < -0.39 is 35.2 Å². The van der Waals surface area contributed by atoms with E-state index in [4.69, 9.17) is 14.3 Å². The molecule has 2 aliphatic carbocycles. The van der Waals surface area contributed by atoms with Gasteiger partial charge >= 0.3 is 18.3 Å². The van der Waals surface area contributed by atoms with Crippen LogP contribution in [-0.2, 0) is 36.6 Å². The highest BCUT2D eigenvalue weighted by Crippen LogP contribution is 2.60. The summed E-state index contributed by atoms with van der Waals surface area (Å²) in [4.78, 5) is 63.0. The number of piperidine rings is 1. The summed E-state index contributed by atoms with van der Waals surface area (Å²) in [6.45, 7) is 6.18. The molecule has 68 heavy (non-hydrogen) atoms. The van der Waals surface area contributed by atoms with Gasteiger partial charge in [0.25, 0.3) is 5.91 Å². The fourth-order valence-corrected chi connectivity index (χ4v) is 10.3. The molecule has 3 N–H and O–H groups in total. The van der Waals surface area contributed by atoms with Crippen molar-refractivity contribution in [3.63, 3.8) is 0 Å². The fraction of sp³-hybridized carbons (Fsp3) is 0.583. The molecule has 14 nitrogen and oxygen atoms in total. The second-order valence-corrected chi connectivity index (χ2v) is 19.4. The lowest BCUT2D eigenvalue weighted by molar-refractivity contribution is -0.204. The highest BCUT2D eigenvalue weighted by Gasteiger charge is 2.71. The van der Waals surface area contributed by atoms with Crippen LogP contribution in [0.15, 0.2) is 60.9 Å². The summed E-state index contributed by atoms with van der Waals surface area (Å²) in [7, 11) is 0. The molecule has 1 aromatic heterocycles. The second kappa shape index (κ2) is 20.2. The number of fused-ring (bicyclic) bond motifs is 3. The fourth-order valence-electron chi connectivity index (χ4n) is 10.3. The molecule has 7 aliphatic rings. The van der Waals surface area contributed by atoms with E-state index in [-0.39, 0.29) is 73.6 Å². The number of carboxylic acids is 1. The molecule has 1 unspecified atom stereocenters. The number of carboxylic acid groups (broad SMARTS) is 1. The Labute approximate surface area is 390 Å². The molecule has 4 amide bonds. The molecular weight excluding hydrogens is 903 g/mol. The van der Waals surface area contributed by atoms with Crippen molar-refractivity contribution < 1.29 is 64.9 Å². The van der Waals surface area contributed by atoms with E-state index >= 15 is 0 Å². The largest absolute Gasteiger partial charge is 0.478 e. The Kier molecular flexibility index (Phi) is 15.0. The molecule has 2 bridgehead atoms. The standard InChI is InChI=1S/C24H33NO5.C23H22F6N4O2.CH3NO/c1-17(29-15-24-10-6-19(7-11-24)30-16-24)14-22(26)25-12-8-18(9-13-25)20-4-2-3-5-21(20)23(27)28;24-22(25,26)17-3-1-15(2-4-17)10-33-11-16(9-30-33)18(34)31-8-7-20(12-31)13-32(14-20)19(35)21(5-6-21)23(27,28)29;2-1-3/h2-5,17-19H,6-16H2,1H3,(H,27,28);1-4,9,11H,5-8,10,12-14H2;1H,(H2,2,3). The number of nitrogens with two attached hydrogens (primary N) is 1. The van der Waals surface area contributed by atoms with Gasteiger partial charge in [0.2, 0.25) is 18.2 Å². The molecule has 1 atom stereocenters. The van der Waals surface area contributed by atoms with Crippen LogP contribution in [-0.4, -0.2) is 131 Å². The lowest BCUT2D eigenvalue weighted by atomic mass is 9.72. The molecule has 7 fully saturated rings. The molecule has 0 radical (unpaired) electrons. The number of ether oxygens (including phenoxy) is 2. The van der Waals surface area contributed by atoms with E-state index in [1.54, 1.807) is 17.0 Å². The van der Waals surface area contributed by atoms with Crippen molar-refractivity contribution in [3.05, 3.63) is 88.7 Å². The van der Waals surface area contributed by atoms with Gasteiger partial charge in [-0.1, -0.05) is 30.3 Å². The third-order valence-electron chi connectivity index (χ3n) is 14.5. The molecule has 1 spiro atoms. The SMILES string of the molecule is CC(CC(=O)N1CCC(c2ccccc2C(=O)O)CC1)OCC12CCC(CC1)OC2.NC=O.O=C(c1cnn(Cc2ccc(C(F)(F)F)cc2)c1)N1CCC2(C1)CN(C(=O)C1(C(F)(F)F)CC1)C2. The number of nitrogens with zero attached hydrogens (tertiary/aromatic N) is 5. The third-order valence-corrected chi connectivity index (χ3v) is 14.5. The van der Waals surface area contributed by atoms with Crippen LogP contribution in [0.1, 0.15) is 114 Å². The summed E-state index contributed by atoms with van der Waals surface area (Å²) in [5.41, 5.74) is 3.14. The lowest BCUT2D eigenvalue weighted by Crippen LogP contribution is -2.62. The predicted octanol–water partition coefficient (Wildman–Crippen LogP) is 6.91. The minimum Gasteiger partial charge on any atom is -0.478 e. The van der Waals surface area contributed by atoms with Crippen molar-refractivity contribution in [1.29, 1.82) is 0 Å². The zero-order valence-corrected chi connectivity index (χ0v) is 37.9. The van der Waals surface area contributed by atoms with Crippen molar-refractivity contribution in [2.45, 2.75) is 108 Å². The second-order valence-electron chi connectivity index (χ2n) is 19.4. The van der Waals surface area contributed by atoms with Gasteiger partial charge in [-0.05, 0) is 100.0 Å². The van der Waals surface area contributed by atoms with E-state index in [0.717, 1.165) is 50.0 Å². The number of rotatable bonds is 11. The number of aromatic nitrogens is 2. The number of hydrogen-bond acceptors (Lipinski definition) is 8. The van der Waals surface area contributed by atoms with E-state index in [0.29, 0.717) is 68.4 Å². The first-order valence-corrected chi connectivity index (χ1v) is 23.0. The third kappa shape index (κ3) is 11.3. The van der Waals surface area contributed by atoms with Crippen LogP contribution < -0.4 is 5.73 Å². The number of carbonyl (C=O) groups excluding carboxylic acids is 4. The topological polar surface area (TPSA) is 178 Å². The summed E-state index contributed by atoms with van der Waals surface area (Å²) in [6.07, 6.45) is 1.42. The van der Waals surface area contributed by atoms with Crippen molar-refractivity contribution in [1.82, 2.24) is 24.5 Å². The Bertz CT molecular complexity index is 2260. The van der Waals surface area contributed by atoms with Gasteiger partial charge in [0, 0.05) is 56.3 Å². The Morgan fingerprint density at radius 1 is 0.882 bits per heavy atom. The van der Waals surface area contributed by atoms with E-state index in [1.165, 1.54) is 46.9 Å². The number of amides is 4. The van der Waals surface area contributed by atoms with Crippen LogP contribution in [0, 0.1) is 16.2 Å². The number of carbonyl (C=O) groups is 5. The number of hydrogen-bond donors (Lipinski definition) is 2. The minimum absolute atomic E-state index is 0.100. The molecule has 370 valence electrons. The quantitative estimate of drug-likeness (QED) is 0.153. The minimum atomic E-state index is -4.54. The summed E-state index contributed by atoms with van der Waals surface area (Å²) in [5.74, 6) is -1.69. The number of primary amides is 1. The first kappa shape index (κ1) is 50.4. The molecule has 2 aromatic carbocycles. The van der Waals surface area contributed by atoms with Gasteiger partial charge in [-0.25, -0.2) is 4.79 Å². The van der Waals surface area contributed by atoms with Gasteiger partial charge in [-0.15, -0.1) is 0 Å². The first-order chi connectivity index (χ1) is 32.2. The Morgan fingerprint density at radius 3 is 2.09 bits per heavy atom. The van der Waals surface area contributed by atoms with E-state index in [2.05, 4.69) is 10.8 Å². The summed E-state index contributed by atoms with van der Waals surface area (Å²) < 4.78 is 91.3. The van der Waals surface area contributed by atoms with Crippen LogP contribution in [0.4, 0.5) is 26.3 Å². The first-order valence-electron chi connectivity index (χ1n) is 23.0. The molecule has 20 heteroatoms. The number of halogens is 6. The summed E-state index contributed by atoms with van der Waals surface area (Å²) >= 11 is 0. The number of alkyl halides is 6. The maximum Gasteiger partial charge on any atom is 0.416 e. The summed E-state index contributed by atoms with van der Waals surface area (Å²) in [5, 5.41) is 13.6. The number of likely N-dealkylation sites (tertiary alicyclic amines) is 3. The smallest absolute Gasteiger partial charge is 0.416 e. The van der Waals surface area contributed by atoms with Crippen LogP contribution in [0.5, 0.6) is 0 Å². The van der Waals surface area contributed by atoms with Crippen molar-refractivity contribution in [3.8, 4) is 0 Å². The normalized spacial score (nSPS) is 23.1. The zero-order valence-electron chi connectivity index (χ0n) is 37.9. The molecule has 6 heterocycles. The Hall–Kier alpha value is -5.50. The monoisotopic (exact) mass is 960 g/mol. The lowest BCUT2D eigenvalue weighted by Gasteiger charge is -2.49. The average Bonchev–Trinajstić information content (AvgIpc) is 3.82. The van der Waals surface area contributed by atoms with Crippen molar-refractivity contribution in [2.24, 2.45) is 22.0 Å². The maximum absolute atomic E-state index is 13.2. The van der Waals surface area contributed by atoms with E-state index in [9.17, 15) is 50.6 Å². The maximum atomic E-state index is 13.2. The summed E-state index contributed by atoms with van der Waals surface area (Å²) in [6, 6.07) is 11.9. The van der Waals surface area contributed by atoms with Gasteiger partial charge in [-0.2, -0.15) is 31.4 Å². The average molecular weight is 961 g/mol. The van der Waals surface area contributed by atoms with Gasteiger partial charge < -0.3 is 35.0 Å². The molecule has 10 rings (SSSR count). The van der Waals surface area contributed by atoms with Gasteiger partial charge in [-0.3, -0.25) is 23.9 Å². The Balaban J connectivity index is 0.000000192. The molecular formula is C48H58F6N6O8. The van der Waals surface area contributed by atoms with E-state index in [1.807, 2.05) is 24.0 Å². The molecule has 5 aliphatic heterocycles. The molecule has 3 aromatic rings. The van der Waals surface area contributed by atoms with Crippen LogP contribution in [0.25, 0.3) is 0 Å². The zero-order chi connectivity index (χ0) is 49.1. The van der Waals surface area contributed by atoms with Gasteiger partial charge in [0.15, 0.2) is 0 Å². The highest BCUT2D eigenvalue weighted by atomic mass is 19.4. The number of benzene rings is 2. The predicted molar refractivity (Wildman–Crippen MR) is 233 cm³/mol. The van der Waals surface area contributed by atoms with Crippen molar-refractivity contribution >= 4 is 30.1 Å². The number of aromatic carboxylic acids is 1. The van der Waals surface area contributed by atoms with Crippen molar-refractivity contribution in [2.75, 3.05) is 52.5 Å². The van der Waals surface area contributed by atoms with Crippen LogP contribution >= 0.6 is 0 Å². The Morgan fingerprint density at radius 2 is 1.51 bits per heavy atom. The van der Waals surface area contributed by atoms with Gasteiger partial charge in [0.05, 0.1) is 61.3 Å². The highest BCUT2D eigenvalue weighted by molar-refractivity contribution is 5.94. The van der Waals surface area contributed by atoms with Crippen LogP contribution in [0.3, 0.4) is 0 Å². The molecule has 5 saturated heterocycles. The van der Waals surface area contributed by atoms with Gasteiger partial charge in [0.1, 0.15) is 5.41 Å².